The first-order valence-corrected chi connectivity index (χ1v) is 7.80. The highest BCUT2D eigenvalue weighted by Crippen LogP contribution is 2.15. The van der Waals surface area contributed by atoms with Crippen LogP contribution in [-0.2, 0) is 9.59 Å². The number of hydrogen-bond acceptors (Lipinski definition) is 3. The van der Waals surface area contributed by atoms with Crippen molar-refractivity contribution in [2.24, 2.45) is 0 Å². The fourth-order valence-corrected chi connectivity index (χ4v) is 2.12. The standard InChI is InChI=1S/C17H26N2O3/c1-4-5-6-7-8-16(20)18-19-17(21)12-22-15-10-13(2)9-14(3)11-15/h9-11H,4-8,12H2,1-3H3,(H,18,20)(H,19,21). The summed E-state index contributed by atoms with van der Waals surface area (Å²) in [7, 11) is 0. The Balaban J connectivity index is 2.21. The number of amides is 2. The molecule has 0 bridgehead atoms. The summed E-state index contributed by atoms with van der Waals surface area (Å²) in [6, 6.07) is 5.77. The number of ether oxygens (including phenoxy) is 1. The van der Waals surface area contributed by atoms with E-state index in [1.165, 1.54) is 0 Å². The van der Waals surface area contributed by atoms with Crippen molar-refractivity contribution in [1.29, 1.82) is 0 Å². The molecule has 5 nitrogen and oxygen atoms in total. The molecule has 0 saturated heterocycles. The third-order valence-corrected chi connectivity index (χ3v) is 3.16. The molecule has 1 aromatic rings. The highest BCUT2D eigenvalue weighted by atomic mass is 16.5. The fourth-order valence-electron chi connectivity index (χ4n) is 2.12. The smallest absolute Gasteiger partial charge is 0.276 e. The van der Waals surface area contributed by atoms with Gasteiger partial charge in [0.2, 0.25) is 5.91 Å². The van der Waals surface area contributed by atoms with Crippen LogP contribution in [-0.4, -0.2) is 18.4 Å². The van der Waals surface area contributed by atoms with Gasteiger partial charge in [0.25, 0.3) is 5.91 Å². The monoisotopic (exact) mass is 306 g/mol. The van der Waals surface area contributed by atoms with Gasteiger partial charge in [-0.3, -0.25) is 20.4 Å². The van der Waals surface area contributed by atoms with Gasteiger partial charge in [-0.2, -0.15) is 0 Å². The Morgan fingerprint density at radius 3 is 2.23 bits per heavy atom. The van der Waals surface area contributed by atoms with E-state index in [2.05, 4.69) is 17.8 Å². The predicted octanol–water partition coefficient (Wildman–Crippen LogP) is 2.80. The Bertz CT molecular complexity index is 480. The topological polar surface area (TPSA) is 67.4 Å². The maximum absolute atomic E-state index is 11.6. The summed E-state index contributed by atoms with van der Waals surface area (Å²) in [4.78, 5) is 23.1. The van der Waals surface area contributed by atoms with Gasteiger partial charge < -0.3 is 4.74 Å². The zero-order valence-corrected chi connectivity index (χ0v) is 13.7. The van der Waals surface area contributed by atoms with Gasteiger partial charge in [-0.05, 0) is 43.5 Å². The van der Waals surface area contributed by atoms with Crippen LogP contribution in [0.3, 0.4) is 0 Å². The Morgan fingerprint density at radius 2 is 1.59 bits per heavy atom. The lowest BCUT2D eigenvalue weighted by Gasteiger charge is -2.10. The van der Waals surface area contributed by atoms with Crippen molar-refractivity contribution in [1.82, 2.24) is 10.9 Å². The van der Waals surface area contributed by atoms with Gasteiger partial charge in [-0.25, -0.2) is 0 Å². The molecule has 0 aromatic heterocycles. The molecule has 1 aromatic carbocycles. The summed E-state index contributed by atoms with van der Waals surface area (Å²) in [5.74, 6) is 0.107. The average Bonchev–Trinajstić information content (AvgIpc) is 2.46. The summed E-state index contributed by atoms with van der Waals surface area (Å²) < 4.78 is 5.41. The normalized spacial score (nSPS) is 10.1. The summed E-state index contributed by atoms with van der Waals surface area (Å²) in [6.45, 7) is 5.94. The lowest BCUT2D eigenvalue weighted by Crippen LogP contribution is -2.43. The molecule has 22 heavy (non-hydrogen) atoms. The van der Waals surface area contributed by atoms with Gasteiger partial charge in [0.05, 0.1) is 0 Å². The molecular formula is C17H26N2O3. The first-order valence-electron chi connectivity index (χ1n) is 7.80. The van der Waals surface area contributed by atoms with Crippen LogP contribution in [0.1, 0.15) is 50.2 Å². The van der Waals surface area contributed by atoms with Gasteiger partial charge in [-0.1, -0.05) is 32.3 Å². The largest absolute Gasteiger partial charge is 0.484 e. The quantitative estimate of drug-likeness (QED) is 0.573. The molecule has 122 valence electrons. The molecule has 0 heterocycles. The number of aryl methyl sites for hydroxylation is 2. The molecule has 0 atom stereocenters. The second-order valence-electron chi connectivity index (χ2n) is 5.52. The molecule has 0 fully saturated rings. The molecule has 0 spiro atoms. The lowest BCUT2D eigenvalue weighted by atomic mass is 10.1. The van der Waals surface area contributed by atoms with Gasteiger partial charge in [0.15, 0.2) is 6.61 Å². The molecule has 2 N–H and O–H groups in total. The van der Waals surface area contributed by atoms with Crippen LogP contribution in [0.5, 0.6) is 5.75 Å². The van der Waals surface area contributed by atoms with E-state index in [1.807, 2.05) is 32.0 Å². The molecule has 0 unspecified atom stereocenters. The van der Waals surface area contributed by atoms with Crippen LogP contribution in [0.15, 0.2) is 18.2 Å². The summed E-state index contributed by atoms with van der Waals surface area (Å²) in [5.41, 5.74) is 6.92. The van der Waals surface area contributed by atoms with Crippen molar-refractivity contribution >= 4 is 11.8 Å². The van der Waals surface area contributed by atoms with Crippen molar-refractivity contribution in [2.75, 3.05) is 6.61 Å². The maximum atomic E-state index is 11.6. The number of carbonyl (C=O) groups excluding carboxylic acids is 2. The van der Waals surface area contributed by atoms with Crippen molar-refractivity contribution in [3.8, 4) is 5.75 Å². The average molecular weight is 306 g/mol. The Kier molecular flexibility index (Phi) is 8.04. The lowest BCUT2D eigenvalue weighted by molar-refractivity contribution is -0.130. The van der Waals surface area contributed by atoms with E-state index in [4.69, 9.17) is 4.74 Å². The summed E-state index contributed by atoms with van der Waals surface area (Å²) >= 11 is 0. The van der Waals surface area contributed by atoms with Gasteiger partial charge in [0.1, 0.15) is 5.75 Å². The number of benzene rings is 1. The van der Waals surface area contributed by atoms with Crippen molar-refractivity contribution in [2.45, 2.75) is 52.9 Å². The molecule has 0 aliphatic rings. The summed E-state index contributed by atoms with van der Waals surface area (Å²) in [6.07, 6.45) is 4.57. The van der Waals surface area contributed by atoms with E-state index in [0.29, 0.717) is 12.2 Å². The number of hydrogen-bond donors (Lipinski definition) is 2. The van der Waals surface area contributed by atoms with E-state index >= 15 is 0 Å². The second kappa shape index (κ2) is 9.82. The van der Waals surface area contributed by atoms with Crippen LogP contribution < -0.4 is 15.6 Å². The summed E-state index contributed by atoms with van der Waals surface area (Å²) in [5, 5.41) is 0. The minimum Gasteiger partial charge on any atom is -0.484 e. The van der Waals surface area contributed by atoms with Gasteiger partial charge in [0, 0.05) is 6.42 Å². The molecule has 1 rings (SSSR count). The van der Waals surface area contributed by atoms with Crippen LogP contribution in [0.2, 0.25) is 0 Å². The number of nitrogens with one attached hydrogen (secondary N) is 2. The molecule has 0 radical (unpaired) electrons. The van der Waals surface area contributed by atoms with E-state index < -0.39 is 0 Å². The number of unbranched alkanes of at least 4 members (excludes halogenated alkanes) is 3. The Hall–Kier alpha value is -2.04. The van der Waals surface area contributed by atoms with Crippen LogP contribution >= 0.6 is 0 Å². The highest BCUT2D eigenvalue weighted by molar-refractivity contribution is 5.82. The fraction of sp³-hybridized carbons (Fsp3) is 0.529. The van der Waals surface area contributed by atoms with Crippen molar-refractivity contribution in [3.63, 3.8) is 0 Å². The molecule has 0 aliphatic carbocycles. The molecule has 5 heteroatoms. The first kappa shape index (κ1) is 18.0. The number of carbonyl (C=O) groups is 2. The molecular weight excluding hydrogens is 280 g/mol. The minimum absolute atomic E-state index is 0.126. The molecule has 0 aliphatic heterocycles. The van der Waals surface area contributed by atoms with Crippen molar-refractivity contribution in [3.05, 3.63) is 29.3 Å². The van der Waals surface area contributed by atoms with E-state index in [0.717, 1.165) is 36.8 Å². The van der Waals surface area contributed by atoms with E-state index in [1.54, 1.807) is 0 Å². The zero-order valence-electron chi connectivity index (χ0n) is 13.7. The van der Waals surface area contributed by atoms with Crippen LogP contribution in [0.25, 0.3) is 0 Å². The zero-order chi connectivity index (χ0) is 16.4. The van der Waals surface area contributed by atoms with E-state index in [-0.39, 0.29) is 18.4 Å². The third kappa shape index (κ3) is 7.67. The van der Waals surface area contributed by atoms with Crippen LogP contribution in [0.4, 0.5) is 0 Å². The number of rotatable bonds is 8. The Labute approximate surface area is 132 Å². The van der Waals surface area contributed by atoms with Crippen LogP contribution in [0, 0.1) is 13.8 Å². The van der Waals surface area contributed by atoms with Gasteiger partial charge >= 0.3 is 0 Å². The maximum Gasteiger partial charge on any atom is 0.276 e. The van der Waals surface area contributed by atoms with Gasteiger partial charge in [-0.15, -0.1) is 0 Å². The Morgan fingerprint density at radius 1 is 0.955 bits per heavy atom. The van der Waals surface area contributed by atoms with E-state index in [9.17, 15) is 9.59 Å². The first-order chi connectivity index (χ1) is 10.5. The highest BCUT2D eigenvalue weighted by Gasteiger charge is 2.06. The number of hydrazine groups is 1. The molecule has 0 saturated carbocycles. The SMILES string of the molecule is CCCCCCC(=O)NNC(=O)COc1cc(C)cc(C)c1. The minimum atomic E-state index is -0.374. The second-order valence-corrected chi connectivity index (χ2v) is 5.52. The predicted molar refractivity (Wildman–Crippen MR) is 86.5 cm³/mol. The third-order valence-electron chi connectivity index (χ3n) is 3.16. The van der Waals surface area contributed by atoms with Crippen molar-refractivity contribution < 1.29 is 14.3 Å². The molecule has 2 amide bonds.